The molecule has 1 aliphatic rings. The summed E-state index contributed by atoms with van der Waals surface area (Å²) >= 11 is 1.70. The number of hydrogen-bond donors (Lipinski definition) is 1. The number of thiazole rings is 1. The van der Waals surface area contributed by atoms with Gasteiger partial charge in [-0.25, -0.2) is 4.98 Å². The Morgan fingerprint density at radius 1 is 1.26 bits per heavy atom. The molecule has 0 amide bonds. The van der Waals surface area contributed by atoms with Crippen LogP contribution in [0.25, 0.3) is 5.65 Å². The van der Waals surface area contributed by atoms with Gasteiger partial charge >= 0.3 is 0 Å². The first-order chi connectivity index (χ1) is 11.0. The maximum absolute atomic E-state index is 4.72. The van der Waals surface area contributed by atoms with Gasteiger partial charge in [0.25, 0.3) is 0 Å². The lowest BCUT2D eigenvalue weighted by molar-refractivity contribution is 0.526. The minimum Gasteiger partial charge on any atom is -0.359 e. The summed E-state index contributed by atoms with van der Waals surface area (Å²) < 4.78 is 1.84. The Balaban J connectivity index is 1.68. The van der Waals surface area contributed by atoms with Crippen molar-refractivity contribution in [1.29, 1.82) is 0 Å². The molecule has 7 heteroatoms. The molecule has 1 unspecified atom stereocenters. The Labute approximate surface area is 139 Å². The number of anilines is 1. The molecule has 6 nitrogen and oxygen atoms in total. The van der Waals surface area contributed by atoms with E-state index in [0.29, 0.717) is 5.92 Å². The fourth-order valence-electron chi connectivity index (χ4n) is 2.69. The molecule has 1 fully saturated rings. The molecule has 1 N–H and O–H groups in total. The van der Waals surface area contributed by atoms with E-state index < -0.39 is 0 Å². The van der Waals surface area contributed by atoms with E-state index in [1.54, 1.807) is 11.3 Å². The van der Waals surface area contributed by atoms with Gasteiger partial charge in [0.2, 0.25) is 0 Å². The first-order valence-corrected chi connectivity index (χ1v) is 8.79. The van der Waals surface area contributed by atoms with Crippen LogP contribution in [0.3, 0.4) is 0 Å². The first kappa shape index (κ1) is 14.6. The van der Waals surface area contributed by atoms with Crippen molar-refractivity contribution in [2.45, 2.75) is 45.1 Å². The zero-order valence-corrected chi connectivity index (χ0v) is 14.3. The second kappa shape index (κ2) is 5.26. The van der Waals surface area contributed by atoms with E-state index in [1.807, 2.05) is 28.2 Å². The number of nitrogens with zero attached hydrogens (tertiary/aromatic N) is 5. The fraction of sp³-hybridized carbons (Fsp3) is 0.500. The number of nitrogens with one attached hydrogen (secondary N) is 1. The third kappa shape index (κ3) is 2.81. The van der Waals surface area contributed by atoms with Crippen LogP contribution in [-0.4, -0.2) is 24.8 Å². The zero-order valence-electron chi connectivity index (χ0n) is 13.5. The Bertz CT molecular complexity index is 813. The fourth-order valence-corrected chi connectivity index (χ4v) is 3.47. The van der Waals surface area contributed by atoms with Crippen molar-refractivity contribution in [1.82, 2.24) is 24.8 Å². The molecule has 3 aromatic heterocycles. The molecule has 0 saturated heterocycles. The van der Waals surface area contributed by atoms with E-state index in [4.69, 9.17) is 5.10 Å². The number of fused-ring (bicyclic) bond motifs is 1. The highest BCUT2D eigenvalue weighted by Gasteiger charge is 2.34. The lowest BCUT2D eigenvalue weighted by Gasteiger charge is -2.18. The van der Waals surface area contributed by atoms with Crippen LogP contribution in [0.1, 0.15) is 50.5 Å². The van der Waals surface area contributed by atoms with Crippen LogP contribution in [0.5, 0.6) is 0 Å². The summed E-state index contributed by atoms with van der Waals surface area (Å²) in [7, 11) is 0. The summed E-state index contributed by atoms with van der Waals surface area (Å²) in [5.41, 5.74) is 0.675. The molecule has 4 rings (SSSR count). The van der Waals surface area contributed by atoms with Gasteiger partial charge in [-0.3, -0.25) is 0 Å². The molecular weight excluding hydrogens is 308 g/mol. The highest BCUT2D eigenvalue weighted by molar-refractivity contribution is 7.09. The van der Waals surface area contributed by atoms with E-state index in [2.05, 4.69) is 41.3 Å². The van der Waals surface area contributed by atoms with Gasteiger partial charge in [0, 0.05) is 17.0 Å². The molecular formula is C16H20N6S. The van der Waals surface area contributed by atoms with Gasteiger partial charge < -0.3 is 5.32 Å². The highest BCUT2D eigenvalue weighted by atomic mass is 32.1. The van der Waals surface area contributed by atoms with E-state index >= 15 is 0 Å². The van der Waals surface area contributed by atoms with Crippen molar-refractivity contribution in [3.63, 3.8) is 0 Å². The normalized spacial score (nSPS) is 16.7. The summed E-state index contributed by atoms with van der Waals surface area (Å²) in [4.78, 5) is 4.48. The molecule has 23 heavy (non-hydrogen) atoms. The highest BCUT2D eigenvalue weighted by Crippen LogP contribution is 2.43. The van der Waals surface area contributed by atoms with E-state index in [9.17, 15) is 0 Å². The second-order valence-corrected chi connectivity index (χ2v) is 8.02. The number of rotatable bonds is 4. The van der Waals surface area contributed by atoms with Crippen LogP contribution >= 0.6 is 11.3 Å². The molecule has 1 aliphatic carbocycles. The van der Waals surface area contributed by atoms with Crippen LogP contribution < -0.4 is 5.32 Å². The van der Waals surface area contributed by atoms with Crippen molar-refractivity contribution >= 4 is 22.8 Å². The monoisotopic (exact) mass is 328 g/mol. The Kier molecular flexibility index (Phi) is 3.33. The Morgan fingerprint density at radius 2 is 2.09 bits per heavy atom. The quantitative estimate of drug-likeness (QED) is 0.794. The Morgan fingerprint density at radius 3 is 2.74 bits per heavy atom. The van der Waals surface area contributed by atoms with Gasteiger partial charge in [0.05, 0.1) is 6.04 Å². The van der Waals surface area contributed by atoms with Crippen molar-refractivity contribution in [2.24, 2.45) is 5.92 Å². The minimum atomic E-state index is -0.101. The third-order valence-electron chi connectivity index (χ3n) is 4.05. The van der Waals surface area contributed by atoms with Crippen molar-refractivity contribution in [3.8, 4) is 0 Å². The topological polar surface area (TPSA) is 68.0 Å². The van der Waals surface area contributed by atoms with Crippen LogP contribution in [-0.2, 0) is 5.41 Å². The van der Waals surface area contributed by atoms with Crippen LogP contribution in [0, 0.1) is 5.92 Å². The lowest BCUT2D eigenvalue weighted by Crippen LogP contribution is -2.19. The van der Waals surface area contributed by atoms with Gasteiger partial charge in [-0.2, -0.15) is 4.52 Å². The maximum Gasteiger partial charge on any atom is 0.178 e. The summed E-state index contributed by atoms with van der Waals surface area (Å²) in [6.45, 7) is 6.36. The maximum atomic E-state index is 4.72. The molecule has 0 radical (unpaired) electrons. The summed E-state index contributed by atoms with van der Waals surface area (Å²) in [6, 6.07) is 4.18. The van der Waals surface area contributed by atoms with Crippen molar-refractivity contribution < 1.29 is 0 Å². The molecule has 0 spiro atoms. The van der Waals surface area contributed by atoms with Gasteiger partial charge in [0.1, 0.15) is 10.8 Å². The third-order valence-corrected chi connectivity index (χ3v) is 4.91. The average molecular weight is 328 g/mol. The summed E-state index contributed by atoms with van der Waals surface area (Å²) in [5, 5.41) is 20.0. The number of hydrogen-bond acceptors (Lipinski definition) is 6. The SMILES string of the molecule is CC(C)(C)c1nnc2ccc(NC(c3nccs3)C3CC3)nn12. The Hall–Kier alpha value is -2.02. The lowest BCUT2D eigenvalue weighted by atomic mass is 9.96. The molecule has 3 heterocycles. The summed E-state index contributed by atoms with van der Waals surface area (Å²) in [5.74, 6) is 2.37. The molecule has 0 aromatic carbocycles. The second-order valence-electron chi connectivity index (χ2n) is 7.09. The molecule has 0 bridgehead atoms. The largest absolute Gasteiger partial charge is 0.359 e. The first-order valence-electron chi connectivity index (χ1n) is 7.91. The molecule has 0 aliphatic heterocycles. The zero-order chi connectivity index (χ0) is 16.0. The van der Waals surface area contributed by atoms with Crippen LogP contribution in [0.15, 0.2) is 23.7 Å². The van der Waals surface area contributed by atoms with E-state index in [0.717, 1.165) is 22.3 Å². The predicted octanol–water partition coefficient (Wildman–Crippen LogP) is 3.44. The van der Waals surface area contributed by atoms with Crippen LogP contribution in [0.4, 0.5) is 5.82 Å². The van der Waals surface area contributed by atoms with Crippen LogP contribution in [0.2, 0.25) is 0 Å². The molecule has 1 saturated carbocycles. The van der Waals surface area contributed by atoms with Crippen molar-refractivity contribution in [3.05, 3.63) is 34.5 Å². The smallest absolute Gasteiger partial charge is 0.178 e. The van der Waals surface area contributed by atoms with E-state index in [-0.39, 0.29) is 11.5 Å². The molecule has 1 atom stereocenters. The van der Waals surface area contributed by atoms with Gasteiger partial charge in [-0.05, 0) is 30.9 Å². The van der Waals surface area contributed by atoms with Gasteiger partial charge in [-0.1, -0.05) is 20.8 Å². The average Bonchev–Trinajstić information content (AvgIpc) is 3.02. The van der Waals surface area contributed by atoms with Gasteiger partial charge in [-0.15, -0.1) is 26.6 Å². The summed E-state index contributed by atoms with van der Waals surface area (Å²) in [6.07, 6.45) is 4.36. The molecule has 120 valence electrons. The number of aromatic nitrogens is 5. The minimum absolute atomic E-state index is 0.101. The predicted molar refractivity (Wildman–Crippen MR) is 90.7 cm³/mol. The standard InChI is InChI=1S/C16H20N6S/c1-16(2,3)15-20-19-12-7-6-11(21-22(12)15)18-13(10-4-5-10)14-17-8-9-23-14/h6-10,13H,4-5H2,1-3H3,(H,18,21). The van der Waals surface area contributed by atoms with E-state index in [1.165, 1.54) is 12.8 Å². The molecule has 3 aromatic rings. The van der Waals surface area contributed by atoms with Crippen molar-refractivity contribution in [2.75, 3.05) is 5.32 Å². The van der Waals surface area contributed by atoms with Gasteiger partial charge in [0.15, 0.2) is 11.5 Å².